The molecule has 192 valence electrons. The Bertz CT molecular complexity index is 1430. The van der Waals surface area contributed by atoms with Gasteiger partial charge in [-0.15, -0.1) is 4.37 Å². The normalized spacial score (nSPS) is 17.6. The van der Waals surface area contributed by atoms with Gasteiger partial charge in [-0.1, -0.05) is 62.6 Å². The monoisotopic (exact) mass is 516 g/mol. The molecule has 5 rings (SSSR count). The molecule has 0 bridgehead atoms. The molecular formula is C30H34N3O3S+. The summed E-state index contributed by atoms with van der Waals surface area (Å²) in [5.41, 5.74) is 2.52. The average Bonchev–Trinajstić information content (AvgIpc) is 3.39. The van der Waals surface area contributed by atoms with Crippen molar-refractivity contribution in [2.45, 2.75) is 39.0 Å². The number of quaternary nitrogens is 1. The summed E-state index contributed by atoms with van der Waals surface area (Å²) in [6.07, 6.45) is 7.73. The minimum absolute atomic E-state index is 0.295. The first kappa shape index (κ1) is 25.4. The molecule has 0 aliphatic carbocycles. The molecule has 1 atom stereocenters. The highest BCUT2D eigenvalue weighted by atomic mass is 32.1. The second-order valence-corrected chi connectivity index (χ2v) is 10.7. The van der Waals surface area contributed by atoms with E-state index < -0.39 is 0 Å². The summed E-state index contributed by atoms with van der Waals surface area (Å²) in [6, 6.07) is 18.3. The smallest absolute Gasteiger partial charge is 0.342 e. The van der Waals surface area contributed by atoms with Gasteiger partial charge in [0.15, 0.2) is 0 Å². The second-order valence-electron chi connectivity index (χ2n) is 10.2. The van der Waals surface area contributed by atoms with Gasteiger partial charge in [-0.25, -0.2) is 4.79 Å². The third kappa shape index (κ3) is 6.00. The second kappa shape index (κ2) is 11.4. The van der Waals surface area contributed by atoms with E-state index in [0.717, 1.165) is 46.8 Å². The number of carbonyl (C=O) groups is 1. The van der Waals surface area contributed by atoms with Gasteiger partial charge in [-0.05, 0) is 52.2 Å². The zero-order valence-corrected chi connectivity index (χ0v) is 22.4. The number of likely N-dealkylation sites (N-methyl/N-ethyl adjacent to an activating group) is 1. The van der Waals surface area contributed by atoms with Crippen LogP contribution in [0.25, 0.3) is 27.1 Å². The summed E-state index contributed by atoms with van der Waals surface area (Å²) < 4.78 is 21.3. The van der Waals surface area contributed by atoms with E-state index in [0.29, 0.717) is 35.8 Å². The molecule has 7 heteroatoms. The van der Waals surface area contributed by atoms with Crippen LogP contribution in [0.4, 0.5) is 0 Å². The first-order valence-electron chi connectivity index (χ1n) is 13.1. The van der Waals surface area contributed by atoms with Crippen LogP contribution in [0.15, 0.2) is 60.7 Å². The van der Waals surface area contributed by atoms with E-state index >= 15 is 0 Å². The molecule has 1 aliphatic rings. The van der Waals surface area contributed by atoms with Crippen LogP contribution in [0, 0.1) is 0 Å². The number of esters is 1. The van der Waals surface area contributed by atoms with Gasteiger partial charge >= 0.3 is 5.97 Å². The van der Waals surface area contributed by atoms with Gasteiger partial charge in [0, 0.05) is 12.0 Å². The number of rotatable bonds is 10. The van der Waals surface area contributed by atoms with Crippen LogP contribution in [-0.2, 0) is 4.74 Å². The molecule has 37 heavy (non-hydrogen) atoms. The molecule has 0 radical (unpaired) electrons. The molecule has 0 saturated carbocycles. The molecule has 1 unspecified atom stereocenters. The molecule has 1 aromatic heterocycles. The lowest BCUT2D eigenvalue weighted by atomic mass is 10.0. The van der Waals surface area contributed by atoms with E-state index in [9.17, 15) is 4.79 Å². The number of unbranched alkanes of at least 4 members (excludes halogenated alkanes) is 3. The molecule has 4 aromatic rings. The zero-order chi connectivity index (χ0) is 25.7. The molecule has 0 saturated heterocycles. The number of benzene rings is 3. The minimum atomic E-state index is -0.295. The zero-order valence-electron chi connectivity index (χ0n) is 21.6. The van der Waals surface area contributed by atoms with Crippen molar-refractivity contribution in [3.05, 3.63) is 71.9 Å². The quantitative estimate of drug-likeness (QED) is 0.0998. The highest BCUT2D eigenvalue weighted by Gasteiger charge is 2.31. The van der Waals surface area contributed by atoms with Gasteiger partial charge in [-0.3, -0.25) is 4.48 Å². The summed E-state index contributed by atoms with van der Waals surface area (Å²) in [5, 5.41) is 4.50. The highest BCUT2D eigenvalue weighted by Crippen LogP contribution is 2.30. The summed E-state index contributed by atoms with van der Waals surface area (Å²) in [5.74, 6) is 0.332. The predicted molar refractivity (Wildman–Crippen MR) is 150 cm³/mol. The first-order valence-corrected chi connectivity index (χ1v) is 13.9. The summed E-state index contributed by atoms with van der Waals surface area (Å²) in [4.78, 5) is 13.0. The predicted octanol–water partition coefficient (Wildman–Crippen LogP) is 6.85. The van der Waals surface area contributed by atoms with Crippen LogP contribution in [0.1, 0.15) is 55.1 Å². The van der Waals surface area contributed by atoms with Gasteiger partial charge in [0.1, 0.15) is 12.2 Å². The van der Waals surface area contributed by atoms with Crippen LogP contribution in [0.2, 0.25) is 0 Å². The molecular weight excluding hydrogens is 482 g/mol. The maximum absolute atomic E-state index is 13.0. The van der Waals surface area contributed by atoms with Crippen molar-refractivity contribution < 1.29 is 18.8 Å². The van der Waals surface area contributed by atoms with E-state index in [1.807, 2.05) is 30.3 Å². The van der Waals surface area contributed by atoms with E-state index in [4.69, 9.17) is 9.47 Å². The number of ether oxygens (including phenoxy) is 2. The van der Waals surface area contributed by atoms with Crippen LogP contribution in [-0.4, -0.2) is 52.7 Å². The lowest BCUT2D eigenvalue weighted by Crippen LogP contribution is -2.49. The Labute approximate surface area is 222 Å². The van der Waals surface area contributed by atoms with E-state index in [1.54, 1.807) is 0 Å². The topological polar surface area (TPSA) is 61.3 Å². The van der Waals surface area contributed by atoms with E-state index in [2.05, 4.69) is 53.1 Å². The van der Waals surface area contributed by atoms with E-state index in [-0.39, 0.29) is 5.97 Å². The lowest BCUT2D eigenvalue weighted by molar-refractivity contribution is -0.919. The van der Waals surface area contributed by atoms with Gasteiger partial charge < -0.3 is 9.47 Å². The van der Waals surface area contributed by atoms with Crippen molar-refractivity contribution in [1.82, 2.24) is 8.75 Å². The maximum Gasteiger partial charge on any atom is 0.342 e. The van der Waals surface area contributed by atoms with Crippen molar-refractivity contribution in [1.29, 1.82) is 0 Å². The first-order chi connectivity index (χ1) is 18.0. The van der Waals surface area contributed by atoms with Crippen molar-refractivity contribution in [3.8, 4) is 5.88 Å². The number of aromatic nitrogens is 2. The maximum atomic E-state index is 13.0. The number of fused-ring (bicyclic) bond motifs is 2. The summed E-state index contributed by atoms with van der Waals surface area (Å²) in [7, 11) is 2.12. The van der Waals surface area contributed by atoms with Crippen LogP contribution < -0.4 is 4.74 Å². The highest BCUT2D eigenvalue weighted by molar-refractivity contribution is 6.99. The molecule has 2 heterocycles. The minimum Gasteiger partial charge on any atom is -0.475 e. The van der Waals surface area contributed by atoms with Gasteiger partial charge in [0.05, 0.1) is 37.5 Å². The summed E-state index contributed by atoms with van der Waals surface area (Å²) >= 11 is 1.19. The average molecular weight is 517 g/mol. The molecule has 0 N–H and O–H groups in total. The molecule has 0 amide bonds. The number of hydrogen-bond acceptors (Lipinski definition) is 6. The molecule has 0 spiro atoms. The van der Waals surface area contributed by atoms with Crippen LogP contribution >= 0.6 is 11.7 Å². The molecule has 0 fully saturated rings. The SMILES string of the molecule is CCCCCCOc1nsnc1C1=CCC[N+](C)(COC(=O)c2ccc3cc4ccccc4cc3c2)C1. The van der Waals surface area contributed by atoms with Crippen LogP contribution in [0.3, 0.4) is 0 Å². The number of nitrogens with zero attached hydrogens (tertiary/aromatic N) is 3. The fourth-order valence-electron chi connectivity index (χ4n) is 4.92. The van der Waals surface area contributed by atoms with Crippen LogP contribution in [0.5, 0.6) is 5.88 Å². The Kier molecular flexibility index (Phi) is 7.82. The fourth-order valence-corrected chi connectivity index (χ4v) is 5.45. The van der Waals surface area contributed by atoms with E-state index in [1.165, 1.54) is 36.4 Å². The fraction of sp³-hybridized carbons (Fsp3) is 0.367. The van der Waals surface area contributed by atoms with Crippen molar-refractivity contribution in [3.63, 3.8) is 0 Å². The third-order valence-electron chi connectivity index (χ3n) is 7.06. The van der Waals surface area contributed by atoms with Gasteiger partial charge in [0.2, 0.25) is 6.73 Å². The largest absolute Gasteiger partial charge is 0.475 e. The third-order valence-corrected chi connectivity index (χ3v) is 7.57. The number of carbonyl (C=O) groups excluding carboxylic acids is 1. The standard InChI is InChI=1S/C30H34N3O3S/c1-3-4-5-8-16-35-29-28(31-37-32-29)26-12-9-15-33(2,20-26)21-36-30(34)25-14-13-24-17-22-10-6-7-11-23(22)18-27(24)19-25/h6-7,10-14,17-19H,3-5,8-9,15-16,20-21H2,1-2H3/q+1. The molecule has 1 aliphatic heterocycles. The Balaban J connectivity index is 1.22. The van der Waals surface area contributed by atoms with Gasteiger partial charge in [0.25, 0.3) is 5.88 Å². The van der Waals surface area contributed by atoms with Crippen molar-refractivity contribution in [2.24, 2.45) is 0 Å². The molecule has 3 aromatic carbocycles. The number of hydrogen-bond donors (Lipinski definition) is 0. The Morgan fingerprint density at radius 1 is 0.973 bits per heavy atom. The van der Waals surface area contributed by atoms with Crippen molar-refractivity contribution >= 4 is 44.8 Å². The Morgan fingerprint density at radius 2 is 1.76 bits per heavy atom. The van der Waals surface area contributed by atoms with Gasteiger partial charge in [-0.2, -0.15) is 4.37 Å². The Morgan fingerprint density at radius 3 is 2.57 bits per heavy atom. The van der Waals surface area contributed by atoms with Crippen molar-refractivity contribution in [2.75, 3.05) is 33.5 Å². The molecule has 6 nitrogen and oxygen atoms in total. The Hall–Kier alpha value is -3.29. The summed E-state index contributed by atoms with van der Waals surface area (Å²) in [6.45, 7) is 4.78. The lowest BCUT2D eigenvalue weighted by Gasteiger charge is -2.36.